The van der Waals surface area contributed by atoms with Gasteiger partial charge >= 0.3 is 0 Å². The lowest BCUT2D eigenvalue weighted by atomic mass is 9.56. The van der Waals surface area contributed by atoms with Crippen LogP contribution in [0.3, 0.4) is 0 Å². The summed E-state index contributed by atoms with van der Waals surface area (Å²) in [5.41, 5.74) is 0.897. The molecule has 1 aliphatic heterocycles. The molecule has 3 rings (SSSR count). The molecule has 3 aliphatic rings. The molecule has 0 aromatic carbocycles. The van der Waals surface area contributed by atoms with Crippen molar-refractivity contribution >= 4 is 5.78 Å². The molecule has 0 aromatic rings. The largest absolute Gasteiger partial charge is 0.389 e. The van der Waals surface area contributed by atoms with Gasteiger partial charge < -0.3 is 9.84 Å². The van der Waals surface area contributed by atoms with Crippen LogP contribution in [0.5, 0.6) is 0 Å². The standard InChI is InChI=1S/C15H22O3/c1-9-4-11(16)6-12-13(17)5-10(7-14(9,12)2)15(3)8-18-15/h6,9-10,13,17H,4-5,7-8H2,1-3H3/t9-,10+,13-,14+,15-/m1/s1. The van der Waals surface area contributed by atoms with Crippen molar-refractivity contribution in [3.63, 3.8) is 0 Å². The van der Waals surface area contributed by atoms with Gasteiger partial charge in [-0.25, -0.2) is 0 Å². The summed E-state index contributed by atoms with van der Waals surface area (Å²) in [7, 11) is 0. The minimum atomic E-state index is -0.471. The number of aliphatic hydroxyl groups is 1. The van der Waals surface area contributed by atoms with Crippen molar-refractivity contribution in [2.45, 2.75) is 51.7 Å². The summed E-state index contributed by atoms with van der Waals surface area (Å²) < 4.78 is 5.57. The fourth-order valence-corrected chi connectivity index (χ4v) is 3.81. The van der Waals surface area contributed by atoms with Crippen molar-refractivity contribution in [2.75, 3.05) is 6.61 Å². The van der Waals surface area contributed by atoms with Crippen molar-refractivity contribution in [1.29, 1.82) is 0 Å². The van der Waals surface area contributed by atoms with Gasteiger partial charge in [-0.1, -0.05) is 13.8 Å². The second-order valence-electron chi connectivity index (χ2n) is 6.84. The van der Waals surface area contributed by atoms with E-state index in [-0.39, 0.29) is 16.8 Å². The van der Waals surface area contributed by atoms with E-state index in [4.69, 9.17) is 4.74 Å². The van der Waals surface area contributed by atoms with Crippen LogP contribution in [0, 0.1) is 17.3 Å². The first kappa shape index (κ1) is 12.4. The van der Waals surface area contributed by atoms with E-state index in [2.05, 4.69) is 20.8 Å². The summed E-state index contributed by atoms with van der Waals surface area (Å²) in [5, 5.41) is 10.4. The smallest absolute Gasteiger partial charge is 0.156 e. The second kappa shape index (κ2) is 3.67. The highest BCUT2D eigenvalue weighted by molar-refractivity contribution is 5.92. The molecule has 0 bridgehead atoms. The number of epoxide rings is 1. The molecule has 18 heavy (non-hydrogen) atoms. The minimum absolute atomic E-state index is 0.0311. The summed E-state index contributed by atoms with van der Waals surface area (Å²) in [6, 6.07) is 0. The number of hydrogen-bond acceptors (Lipinski definition) is 3. The van der Waals surface area contributed by atoms with Gasteiger partial charge in [-0.05, 0) is 48.7 Å². The van der Waals surface area contributed by atoms with E-state index >= 15 is 0 Å². The number of hydrogen-bond donors (Lipinski definition) is 1. The number of ether oxygens (including phenoxy) is 1. The van der Waals surface area contributed by atoms with E-state index in [1.807, 2.05) is 0 Å². The molecule has 0 spiro atoms. The minimum Gasteiger partial charge on any atom is -0.389 e. The number of fused-ring (bicyclic) bond motifs is 1. The third kappa shape index (κ3) is 1.68. The Hall–Kier alpha value is -0.670. The first-order chi connectivity index (χ1) is 8.35. The molecular weight excluding hydrogens is 228 g/mol. The van der Waals surface area contributed by atoms with Crippen molar-refractivity contribution in [1.82, 2.24) is 0 Å². The Morgan fingerprint density at radius 2 is 2.11 bits per heavy atom. The predicted octanol–water partition coefficient (Wildman–Crippen LogP) is 2.09. The first-order valence-electron chi connectivity index (χ1n) is 6.92. The predicted molar refractivity (Wildman–Crippen MR) is 68.1 cm³/mol. The zero-order valence-corrected chi connectivity index (χ0v) is 11.4. The fourth-order valence-electron chi connectivity index (χ4n) is 3.81. The Morgan fingerprint density at radius 1 is 1.44 bits per heavy atom. The molecule has 2 aliphatic carbocycles. The van der Waals surface area contributed by atoms with Crippen LogP contribution in [0.15, 0.2) is 11.6 Å². The Bertz CT molecular complexity index is 421. The van der Waals surface area contributed by atoms with Gasteiger partial charge in [0.05, 0.1) is 18.3 Å². The van der Waals surface area contributed by atoms with Crippen LogP contribution in [-0.2, 0) is 9.53 Å². The van der Waals surface area contributed by atoms with E-state index in [9.17, 15) is 9.90 Å². The number of carbonyl (C=O) groups is 1. The lowest BCUT2D eigenvalue weighted by Crippen LogP contribution is -2.47. The average molecular weight is 250 g/mol. The van der Waals surface area contributed by atoms with Crippen LogP contribution in [0.4, 0.5) is 0 Å². The number of allylic oxidation sites excluding steroid dienone is 1. The highest BCUT2D eigenvalue weighted by Crippen LogP contribution is 2.56. The molecule has 1 saturated carbocycles. The lowest BCUT2D eigenvalue weighted by molar-refractivity contribution is -0.118. The van der Waals surface area contributed by atoms with E-state index < -0.39 is 6.10 Å². The van der Waals surface area contributed by atoms with Crippen molar-refractivity contribution < 1.29 is 14.6 Å². The van der Waals surface area contributed by atoms with Gasteiger partial charge in [0.2, 0.25) is 0 Å². The Kier molecular flexibility index (Phi) is 2.52. The van der Waals surface area contributed by atoms with Crippen molar-refractivity contribution in [3.05, 3.63) is 11.6 Å². The van der Waals surface area contributed by atoms with Crippen LogP contribution < -0.4 is 0 Å². The van der Waals surface area contributed by atoms with Gasteiger partial charge in [-0.3, -0.25) is 4.79 Å². The maximum atomic E-state index is 11.7. The number of rotatable bonds is 1. The molecule has 100 valence electrons. The van der Waals surface area contributed by atoms with Crippen molar-refractivity contribution in [2.24, 2.45) is 17.3 Å². The molecule has 2 fully saturated rings. The van der Waals surface area contributed by atoms with Gasteiger partial charge in [-0.15, -0.1) is 0 Å². The monoisotopic (exact) mass is 250 g/mol. The van der Waals surface area contributed by atoms with E-state index in [0.717, 1.165) is 25.0 Å². The molecule has 0 radical (unpaired) electrons. The third-order valence-electron chi connectivity index (χ3n) is 5.57. The summed E-state index contributed by atoms with van der Waals surface area (Å²) in [5.74, 6) is 0.886. The first-order valence-corrected chi connectivity index (χ1v) is 6.92. The second-order valence-corrected chi connectivity index (χ2v) is 6.84. The van der Waals surface area contributed by atoms with Gasteiger partial charge in [0.25, 0.3) is 0 Å². The van der Waals surface area contributed by atoms with Gasteiger partial charge in [0, 0.05) is 6.42 Å². The number of carbonyl (C=O) groups excluding carboxylic acids is 1. The van der Waals surface area contributed by atoms with Crippen LogP contribution in [0.1, 0.15) is 40.0 Å². The topological polar surface area (TPSA) is 49.8 Å². The zero-order chi connectivity index (χ0) is 13.1. The highest BCUT2D eigenvalue weighted by Gasteiger charge is 2.55. The van der Waals surface area contributed by atoms with E-state index in [0.29, 0.717) is 18.3 Å². The SMILES string of the molecule is C[C@@H]1CC(=O)C=C2[C@H](O)C[C@H]([C@@]3(C)CO3)C[C@]21C. The normalized spacial score (nSPS) is 51.7. The number of aliphatic hydroxyl groups excluding tert-OH is 1. The molecule has 5 atom stereocenters. The molecule has 1 heterocycles. The summed E-state index contributed by atoms with van der Waals surface area (Å²) >= 11 is 0. The molecule has 1 saturated heterocycles. The van der Waals surface area contributed by atoms with Crippen LogP contribution in [0.2, 0.25) is 0 Å². The Balaban J connectivity index is 1.95. The summed E-state index contributed by atoms with van der Waals surface area (Å²) in [6.07, 6.45) is 3.61. The third-order valence-corrected chi connectivity index (χ3v) is 5.57. The summed E-state index contributed by atoms with van der Waals surface area (Å²) in [4.78, 5) is 11.7. The maximum absolute atomic E-state index is 11.7. The average Bonchev–Trinajstić information content (AvgIpc) is 3.01. The van der Waals surface area contributed by atoms with Gasteiger partial charge in [0.1, 0.15) is 0 Å². The van der Waals surface area contributed by atoms with Crippen LogP contribution in [-0.4, -0.2) is 29.2 Å². The number of ketones is 1. The zero-order valence-electron chi connectivity index (χ0n) is 11.4. The van der Waals surface area contributed by atoms with E-state index in [1.54, 1.807) is 6.08 Å². The molecule has 1 N–H and O–H groups in total. The summed E-state index contributed by atoms with van der Waals surface area (Å²) in [6.45, 7) is 7.29. The fraction of sp³-hybridized carbons (Fsp3) is 0.800. The Labute approximate surface area is 108 Å². The van der Waals surface area contributed by atoms with Crippen LogP contribution >= 0.6 is 0 Å². The maximum Gasteiger partial charge on any atom is 0.156 e. The lowest BCUT2D eigenvalue weighted by Gasteiger charge is -2.49. The Morgan fingerprint density at radius 3 is 2.72 bits per heavy atom. The van der Waals surface area contributed by atoms with E-state index in [1.165, 1.54) is 0 Å². The molecule has 3 heteroatoms. The van der Waals surface area contributed by atoms with Crippen molar-refractivity contribution in [3.8, 4) is 0 Å². The quantitative estimate of drug-likeness (QED) is 0.725. The van der Waals surface area contributed by atoms with Gasteiger partial charge in [-0.2, -0.15) is 0 Å². The molecular formula is C15H22O3. The molecule has 3 nitrogen and oxygen atoms in total. The van der Waals surface area contributed by atoms with Gasteiger partial charge in [0.15, 0.2) is 5.78 Å². The van der Waals surface area contributed by atoms with Crippen LogP contribution in [0.25, 0.3) is 0 Å². The highest BCUT2D eigenvalue weighted by atomic mass is 16.6. The molecule has 0 unspecified atom stereocenters. The molecule has 0 aromatic heterocycles. The molecule has 0 amide bonds.